The van der Waals surface area contributed by atoms with E-state index in [9.17, 15) is 4.79 Å². The van der Waals surface area contributed by atoms with E-state index in [1.807, 2.05) is 39.0 Å². The van der Waals surface area contributed by atoms with Crippen molar-refractivity contribution < 1.29 is 9.32 Å². The zero-order valence-electron chi connectivity index (χ0n) is 14.8. The van der Waals surface area contributed by atoms with Crippen molar-refractivity contribution >= 4 is 24.0 Å². The van der Waals surface area contributed by atoms with E-state index in [-0.39, 0.29) is 18.3 Å². The zero-order chi connectivity index (χ0) is 17.3. The Balaban J connectivity index is 0.00000225. The number of benzene rings is 1. The summed E-state index contributed by atoms with van der Waals surface area (Å²) < 4.78 is 5.37. The molecular weight excluding hydrogens is 340 g/mol. The van der Waals surface area contributed by atoms with Crippen LogP contribution >= 0.6 is 12.4 Å². The fourth-order valence-electron chi connectivity index (χ4n) is 2.83. The highest BCUT2D eigenvalue weighted by Gasteiger charge is 2.39. The van der Waals surface area contributed by atoms with Gasteiger partial charge in [0.1, 0.15) is 0 Å². The molecule has 0 aliphatic heterocycles. The van der Waals surface area contributed by atoms with Gasteiger partial charge in [0.15, 0.2) is 5.82 Å². The lowest BCUT2D eigenvalue weighted by atomic mass is 9.77. The number of amides is 1. The topological polar surface area (TPSA) is 94.0 Å². The van der Waals surface area contributed by atoms with Gasteiger partial charge in [-0.05, 0) is 55.9 Å². The van der Waals surface area contributed by atoms with E-state index in [0.29, 0.717) is 24.1 Å². The maximum atomic E-state index is 11.9. The Morgan fingerprint density at radius 2 is 2.12 bits per heavy atom. The maximum Gasteiger partial charge on any atom is 0.258 e. The van der Waals surface area contributed by atoms with Gasteiger partial charge in [-0.1, -0.05) is 19.0 Å². The van der Waals surface area contributed by atoms with Gasteiger partial charge in [0.25, 0.3) is 5.89 Å². The number of halogens is 1. The molecule has 0 saturated heterocycles. The van der Waals surface area contributed by atoms with Gasteiger partial charge in [0.2, 0.25) is 5.91 Å². The minimum atomic E-state index is -0.429. The molecule has 2 aromatic rings. The van der Waals surface area contributed by atoms with Gasteiger partial charge >= 0.3 is 0 Å². The number of nitrogens with two attached hydrogens (primary N) is 1. The van der Waals surface area contributed by atoms with Crippen LogP contribution in [0.25, 0.3) is 11.5 Å². The molecule has 0 atom stereocenters. The van der Waals surface area contributed by atoms with Crippen LogP contribution in [0, 0.1) is 12.8 Å². The SMILES string of the molecule is Cc1cc(-c2nc(C3(N)CCC3)no2)ccc1NC(=O)CC(C)C.Cl. The Morgan fingerprint density at radius 1 is 1.40 bits per heavy atom. The van der Waals surface area contributed by atoms with Crippen molar-refractivity contribution in [2.24, 2.45) is 11.7 Å². The van der Waals surface area contributed by atoms with Gasteiger partial charge in [0, 0.05) is 17.7 Å². The molecule has 1 aliphatic carbocycles. The summed E-state index contributed by atoms with van der Waals surface area (Å²) in [6.07, 6.45) is 3.40. The Kier molecular flexibility index (Phi) is 5.85. The monoisotopic (exact) mass is 364 g/mol. The van der Waals surface area contributed by atoms with Crippen LogP contribution in [-0.4, -0.2) is 16.0 Å². The summed E-state index contributed by atoms with van der Waals surface area (Å²) in [6.45, 7) is 5.99. The van der Waals surface area contributed by atoms with Crippen LogP contribution in [0.1, 0.15) is 50.9 Å². The van der Waals surface area contributed by atoms with Crippen LogP contribution < -0.4 is 11.1 Å². The van der Waals surface area contributed by atoms with Gasteiger partial charge in [-0.2, -0.15) is 4.98 Å². The van der Waals surface area contributed by atoms with Gasteiger partial charge < -0.3 is 15.6 Å². The molecule has 7 heteroatoms. The number of carbonyl (C=O) groups is 1. The van der Waals surface area contributed by atoms with Crippen LogP contribution in [0.3, 0.4) is 0 Å². The number of carbonyl (C=O) groups excluding carboxylic acids is 1. The molecule has 6 nitrogen and oxygen atoms in total. The number of anilines is 1. The predicted octanol–water partition coefficient (Wildman–Crippen LogP) is 3.79. The Hall–Kier alpha value is -1.92. The van der Waals surface area contributed by atoms with Gasteiger partial charge in [-0.15, -0.1) is 12.4 Å². The molecule has 1 aromatic carbocycles. The van der Waals surface area contributed by atoms with E-state index in [1.165, 1.54) is 0 Å². The first-order valence-electron chi connectivity index (χ1n) is 8.41. The summed E-state index contributed by atoms with van der Waals surface area (Å²) in [6, 6.07) is 5.68. The van der Waals surface area contributed by atoms with E-state index in [1.54, 1.807) is 0 Å². The fraction of sp³-hybridized carbons (Fsp3) is 0.500. The molecule has 1 aromatic heterocycles. The zero-order valence-corrected chi connectivity index (χ0v) is 15.7. The summed E-state index contributed by atoms with van der Waals surface area (Å²) in [5.41, 5.74) is 8.39. The number of hydrogen-bond acceptors (Lipinski definition) is 5. The number of aryl methyl sites for hydroxylation is 1. The van der Waals surface area contributed by atoms with Crippen molar-refractivity contribution in [1.82, 2.24) is 10.1 Å². The Morgan fingerprint density at radius 3 is 2.68 bits per heavy atom. The van der Waals surface area contributed by atoms with Crippen molar-refractivity contribution in [3.05, 3.63) is 29.6 Å². The number of nitrogens with one attached hydrogen (secondary N) is 1. The molecule has 0 bridgehead atoms. The first-order valence-corrected chi connectivity index (χ1v) is 8.41. The summed E-state index contributed by atoms with van der Waals surface area (Å²) in [5.74, 6) is 1.40. The molecule has 1 saturated carbocycles. The minimum Gasteiger partial charge on any atom is -0.334 e. The average molecular weight is 365 g/mol. The molecule has 3 N–H and O–H groups in total. The number of nitrogens with zero attached hydrogens (tertiary/aromatic N) is 2. The molecule has 1 amide bonds. The summed E-state index contributed by atoms with van der Waals surface area (Å²) >= 11 is 0. The lowest BCUT2D eigenvalue weighted by molar-refractivity contribution is -0.116. The van der Waals surface area contributed by atoms with Crippen molar-refractivity contribution in [2.75, 3.05) is 5.32 Å². The van der Waals surface area contributed by atoms with Crippen LogP contribution in [0.4, 0.5) is 5.69 Å². The van der Waals surface area contributed by atoms with Gasteiger partial charge in [-0.25, -0.2) is 0 Å². The summed E-state index contributed by atoms with van der Waals surface area (Å²) in [7, 11) is 0. The van der Waals surface area contributed by atoms with E-state index in [2.05, 4.69) is 15.5 Å². The first kappa shape index (κ1) is 19.4. The molecule has 1 aliphatic rings. The fourth-order valence-corrected chi connectivity index (χ4v) is 2.83. The highest BCUT2D eigenvalue weighted by atomic mass is 35.5. The quantitative estimate of drug-likeness (QED) is 0.841. The second-order valence-corrected chi connectivity index (χ2v) is 7.11. The van der Waals surface area contributed by atoms with Crippen LogP contribution in [0.5, 0.6) is 0 Å². The van der Waals surface area contributed by atoms with Crippen molar-refractivity contribution in [2.45, 2.75) is 52.0 Å². The molecule has 25 heavy (non-hydrogen) atoms. The van der Waals surface area contributed by atoms with E-state index in [0.717, 1.165) is 36.1 Å². The molecule has 0 unspecified atom stereocenters. The van der Waals surface area contributed by atoms with Crippen LogP contribution in [-0.2, 0) is 10.3 Å². The second kappa shape index (κ2) is 7.54. The highest BCUT2D eigenvalue weighted by molar-refractivity contribution is 5.91. The largest absolute Gasteiger partial charge is 0.334 e. The van der Waals surface area contributed by atoms with Crippen LogP contribution in [0.15, 0.2) is 22.7 Å². The number of hydrogen-bond donors (Lipinski definition) is 2. The summed E-state index contributed by atoms with van der Waals surface area (Å²) in [5, 5.41) is 6.98. The number of aromatic nitrogens is 2. The highest BCUT2D eigenvalue weighted by Crippen LogP contribution is 2.37. The second-order valence-electron chi connectivity index (χ2n) is 7.11. The molecule has 0 spiro atoms. The average Bonchev–Trinajstić information content (AvgIpc) is 2.96. The third-order valence-electron chi connectivity index (χ3n) is 4.46. The lowest BCUT2D eigenvalue weighted by Crippen LogP contribution is -2.44. The third kappa shape index (κ3) is 4.19. The van der Waals surface area contributed by atoms with E-state index in [4.69, 9.17) is 10.3 Å². The third-order valence-corrected chi connectivity index (χ3v) is 4.46. The number of rotatable bonds is 5. The molecular formula is C18H25ClN4O2. The standard InChI is InChI=1S/C18H24N4O2.ClH/c1-11(2)9-15(23)20-14-6-5-13(10-12(14)3)16-21-17(22-24-16)18(19)7-4-8-18;/h5-6,10-11H,4,7-9,19H2,1-3H3,(H,20,23);1H. The normalized spacial score (nSPS) is 15.4. The molecule has 3 rings (SSSR count). The molecule has 136 valence electrons. The summed E-state index contributed by atoms with van der Waals surface area (Å²) in [4.78, 5) is 16.4. The smallest absolute Gasteiger partial charge is 0.258 e. The lowest BCUT2D eigenvalue weighted by Gasteiger charge is -2.34. The molecule has 0 radical (unpaired) electrons. The van der Waals surface area contributed by atoms with Crippen LogP contribution in [0.2, 0.25) is 0 Å². The minimum absolute atomic E-state index is 0. The Bertz CT molecular complexity index is 753. The maximum absolute atomic E-state index is 11.9. The van der Waals surface area contributed by atoms with E-state index >= 15 is 0 Å². The van der Waals surface area contributed by atoms with Crippen molar-refractivity contribution in [1.29, 1.82) is 0 Å². The predicted molar refractivity (Wildman–Crippen MR) is 99.5 cm³/mol. The van der Waals surface area contributed by atoms with Gasteiger partial charge in [0.05, 0.1) is 5.54 Å². The van der Waals surface area contributed by atoms with Gasteiger partial charge in [-0.3, -0.25) is 4.79 Å². The van der Waals surface area contributed by atoms with E-state index < -0.39 is 5.54 Å². The molecule has 1 heterocycles. The van der Waals surface area contributed by atoms with Crippen molar-refractivity contribution in [3.63, 3.8) is 0 Å². The molecule has 1 fully saturated rings. The Labute approximate surface area is 154 Å². The van der Waals surface area contributed by atoms with Crippen molar-refractivity contribution in [3.8, 4) is 11.5 Å². The first-order chi connectivity index (χ1) is 11.4.